The molecule has 1 atom stereocenters. The van der Waals surface area contributed by atoms with Crippen LogP contribution in [-0.4, -0.2) is 37.8 Å². The maximum Gasteiger partial charge on any atom is 0.261 e. The molecule has 0 bridgehead atoms. The topological polar surface area (TPSA) is 84.1 Å². The van der Waals surface area contributed by atoms with Crippen LogP contribution in [0.1, 0.15) is 30.4 Å². The Morgan fingerprint density at radius 3 is 2.47 bits per heavy atom. The van der Waals surface area contributed by atoms with Gasteiger partial charge in [0.15, 0.2) is 5.82 Å². The second kappa shape index (κ2) is 7.50. The number of nitrogens with zero attached hydrogens (tertiary/aromatic N) is 5. The fourth-order valence-electron chi connectivity index (χ4n) is 4.40. The number of aromatic nitrogens is 4. The number of aryl methyl sites for hydroxylation is 1. The standard InChI is InChI=1S/C23H23N5O2/c1-15-21(26-19-10-5-4-9-18(19)24-15)27-12-6-11-20(27)22-25-17-8-3-2-7-16(17)23(30)28(22)13-14-29/h2-5,7-10,20,29H,6,11-14H2,1H3. The van der Waals surface area contributed by atoms with E-state index in [-0.39, 0.29) is 24.8 Å². The van der Waals surface area contributed by atoms with Crippen LogP contribution in [0.3, 0.4) is 0 Å². The molecule has 1 N–H and O–H groups in total. The van der Waals surface area contributed by atoms with Gasteiger partial charge in [-0.15, -0.1) is 0 Å². The highest BCUT2D eigenvalue weighted by Crippen LogP contribution is 2.36. The zero-order valence-electron chi connectivity index (χ0n) is 16.8. The van der Waals surface area contributed by atoms with Crippen LogP contribution in [0.15, 0.2) is 53.3 Å². The van der Waals surface area contributed by atoms with Gasteiger partial charge in [-0.1, -0.05) is 24.3 Å². The zero-order chi connectivity index (χ0) is 20.7. The van der Waals surface area contributed by atoms with Crippen LogP contribution in [-0.2, 0) is 6.54 Å². The van der Waals surface area contributed by atoms with Crippen molar-refractivity contribution in [1.29, 1.82) is 0 Å². The van der Waals surface area contributed by atoms with Gasteiger partial charge < -0.3 is 10.0 Å². The van der Waals surface area contributed by atoms with Gasteiger partial charge in [-0.05, 0) is 44.0 Å². The molecule has 2 aromatic carbocycles. The minimum Gasteiger partial charge on any atom is -0.395 e. The average Bonchev–Trinajstić information content (AvgIpc) is 3.24. The summed E-state index contributed by atoms with van der Waals surface area (Å²) in [6.45, 7) is 2.90. The lowest BCUT2D eigenvalue weighted by atomic mass is 10.1. The number of aliphatic hydroxyl groups is 1. The second-order valence-corrected chi connectivity index (χ2v) is 7.64. The fraction of sp³-hybridized carbons (Fsp3) is 0.304. The van der Waals surface area contributed by atoms with E-state index < -0.39 is 0 Å². The maximum atomic E-state index is 13.1. The Kier molecular flexibility index (Phi) is 4.67. The number of hydrogen-bond acceptors (Lipinski definition) is 6. The number of aliphatic hydroxyl groups excluding tert-OH is 1. The van der Waals surface area contributed by atoms with Crippen LogP contribution in [0.4, 0.5) is 5.82 Å². The number of benzene rings is 2. The van der Waals surface area contributed by atoms with Crippen molar-refractivity contribution in [1.82, 2.24) is 19.5 Å². The smallest absolute Gasteiger partial charge is 0.261 e. The van der Waals surface area contributed by atoms with Crippen molar-refractivity contribution in [3.8, 4) is 0 Å². The van der Waals surface area contributed by atoms with E-state index in [0.717, 1.165) is 41.9 Å². The molecule has 5 rings (SSSR count). The van der Waals surface area contributed by atoms with Gasteiger partial charge in [0.05, 0.1) is 46.8 Å². The first-order valence-corrected chi connectivity index (χ1v) is 10.3. The van der Waals surface area contributed by atoms with Crippen LogP contribution >= 0.6 is 0 Å². The summed E-state index contributed by atoms with van der Waals surface area (Å²) >= 11 is 0. The van der Waals surface area contributed by atoms with E-state index in [9.17, 15) is 9.90 Å². The second-order valence-electron chi connectivity index (χ2n) is 7.64. The maximum absolute atomic E-state index is 13.1. The first-order chi connectivity index (χ1) is 14.7. The highest BCUT2D eigenvalue weighted by atomic mass is 16.3. The van der Waals surface area contributed by atoms with Gasteiger partial charge in [0.25, 0.3) is 5.56 Å². The molecule has 3 heterocycles. The van der Waals surface area contributed by atoms with Gasteiger partial charge in [-0.25, -0.2) is 15.0 Å². The Morgan fingerprint density at radius 1 is 1.00 bits per heavy atom. The van der Waals surface area contributed by atoms with Crippen molar-refractivity contribution in [2.24, 2.45) is 0 Å². The number of anilines is 1. The quantitative estimate of drug-likeness (QED) is 0.566. The van der Waals surface area contributed by atoms with Crippen molar-refractivity contribution in [3.63, 3.8) is 0 Å². The Hall–Kier alpha value is -3.32. The van der Waals surface area contributed by atoms with E-state index in [1.165, 1.54) is 0 Å². The number of hydrogen-bond donors (Lipinski definition) is 1. The molecule has 1 fully saturated rings. The first-order valence-electron chi connectivity index (χ1n) is 10.3. The van der Waals surface area contributed by atoms with Crippen molar-refractivity contribution >= 4 is 27.8 Å². The molecule has 0 amide bonds. The van der Waals surface area contributed by atoms with Crippen LogP contribution < -0.4 is 10.5 Å². The molecule has 4 aromatic rings. The van der Waals surface area contributed by atoms with Crippen molar-refractivity contribution in [3.05, 3.63) is 70.4 Å². The normalized spacial score (nSPS) is 16.6. The molecule has 152 valence electrons. The number of fused-ring (bicyclic) bond motifs is 2. The molecular weight excluding hydrogens is 378 g/mol. The summed E-state index contributed by atoms with van der Waals surface area (Å²) in [6.07, 6.45) is 1.84. The Balaban J connectivity index is 1.67. The predicted molar refractivity (Wildman–Crippen MR) is 117 cm³/mol. The molecular formula is C23H23N5O2. The zero-order valence-corrected chi connectivity index (χ0v) is 16.8. The molecule has 0 saturated carbocycles. The first kappa shape index (κ1) is 18.7. The summed E-state index contributed by atoms with van der Waals surface area (Å²) in [6, 6.07) is 15.1. The monoisotopic (exact) mass is 401 g/mol. The lowest BCUT2D eigenvalue weighted by Gasteiger charge is -2.28. The average molecular weight is 401 g/mol. The largest absolute Gasteiger partial charge is 0.395 e. The van der Waals surface area contributed by atoms with Crippen LogP contribution in [0, 0.1) is 6.92 Å². The third-order valence-electron chi connectivity index (χ3n) is 5.76. The Morgan fingerprint density at radius 2 is 1.70 bits per heavy atom. The van der Waals surface area contributed by atoms with Crippen molar-refractivity contribution < 1.29 is 5.11 Å². The summed E-state index contributed by atoms with van der Waals surface area (Å²) < 4.78 is 1.62. The van der Waals surface area contributed by atoms with E-state index in [0.29, 0.717) is 16.7 Å². The number of para-hydroxylation sites is 3. The van der Waals surface area contributed by atoms with E-state index >= 15 is 0 Å². The molecule has 30 heavy (non-hydrogen) atoms. The van der Waals surface area contributed by atoms with Gasteiger partial charge in [-0.3, -0.25) is 9.36 Å². The Labute approximate surface area is 173 Å². The van der Waals surface area contributed by atoms with Gasteiger partial charge in [-0.2, -0.15) is 0 Å². The van der Waals surface area contributed by atoms with Gasteiger partial charge in [0, 0.05) is 6.54 Å². The lowest BCUT2D eigenvalue weighted by molar-refractivity contribution is 0.270. The van der Waals surface area contributed by atoms with Gasteiger partial charge in [0.2, 0.25) is 0 Å². The summed E-state index contributed by atoms with van der Waals surface area (Å²) in [7, 11) is 0. The van der Waals surface area contributed by atoms with Crippen molar-refractivity contribution in [2.45, 2.75) is 32.4 Å². The van der Waals surface area contributed by atoms with Gasteiger partial charge >= 0.3 is 0 Å². The third-order valence-corrected chi connectivity index (χ3v) is 5.76. The highest BCUT2D eigenvalue weighted by Gasteiger charge is 2.32. The van der Waals surface area contributed by atoms with Crippen molar-refractivity contribution in [2.75, 3.05) is 18.1 Å². The highest BCUT2D eigenvalue weighted by molar-refractivity contribution is 5.78. The summed E-state index contributed by atoms with van der Waals surface area (Å²) in [5.41, 5.74) is 3.15. The third kappa shape index (κ3) is 3.02. The summed E-state index contributed by atoms with van der Waals surface area (Å²) in [5.74, 6) is 1.51. The van der Waals surface area contributed by atoms with E-state index in [2.05, 4.69) is 4.90 Å². The summed E-state index contributed by atoms with van der Waals surface area (Å²) in [4.78, 5) is 29.9. The molecule has 0 aliphatic carbocycles. The number of rotatable bonds is 4. The molecule has 1 aliphatic rings. The molecule has 1 aliphatic heterocycles. The molecule has 1 saturated heterocycles. The molecule has 0 spiro atoms. The van der Waals surface area contributed by atoms with Crippen LogP contribution in [0.25, 0.3) is 21.9 Å². The van der Waals surface area contributed by atoms with E-state index in [1.54, 1.807) is 10.6 Å². The molecule has 7 heteroatoms. The SMILES string of the molecule is Cc1nc2ccccc2nc1N1CCCC1c1nc2ccccc2c(=O)n1CCO. The van der Waals surface area contributed by atoms with Crippen LogP contribution in [0.5, 0.6) is 0 Å². The van der Waals surface area contributed by atoms with E-state index in [4.69, 9.17) is 15.0 Å². The molecule has 7 nitrogen and oxygen atoms in total. The molecule has 1 unspecified atom stereocenters. The minimum atomic E-state index is -0.117. The lowest BCUT2D eigenvalue weighted by Crippen LogP contribution is -2.33. The Bertz CT molecular complexity index is 1300. The minimum absolute atomic E-state index is 0.0944. The molecule has 2 aromatic heterocycles. The van der Waals surface area contributed by atoms with E-state index in [1.807, 2.05) is 49.4 Å². The van der Waals surface area contributed by atoms with Gasteiger partial charge in [0.1, 0.15) is 5.82 Å². The fourth-order valence-corrected chi connectivity index (χ4v) is 4.40. The van der Waals surface area contributed by atoms with Crippen LogP contribution in [0.2, 0.25) is 0 Å². The summed E-state index contributed by atoms with van der Waals surface area (Å²) in [5, 5.41) is 10.2. The molecule has 0 radical (unpaired) electrons. The predicted octanol–water partition coefficient (Wildman–Crippen LogP) is 2.98.